The number of methoxy groups -OCH3 is 1. The van der Waals surface area contributed by atoms with Crippen molar-refractivity contribution >= 4 is 17.6 Å². The highest BCUT2D eigenvalue weighted by molar-refractivity contribution is 6.21. The fourth-order valence-electron chi connectivity index (χ4n) is 4.74. The molecule has 0 saturated heterocycles. The van der Waals surface area contributed by atoms with Crippen molar-refractivity contribution in [3.05, 3.63) is 59.0 Å². The molecule has 5 atom stereocenters. The van der Waals surface area contributed by atoms with E-state index in [-0.39, 0.29) is 29.1 Å². The van der Waals surface area contributed by atoms with Gasteiger partial charge in [0.05, 0.1) is 6.10 Å². The fraction of sp³-hybridized carbons (Fsp3) is 0.560. The normalized spacial score (nSPS) is 24.4. The van der Waals surface area contributed by atoms with Crippen LogP contribution in [0.5, 0.6) is 0 Å². The molecule has 1 N–H and O–H groups in total. The topological polar surface area (TPSA) is 59.7 Å². The third kappa shape index (κ3) is 6.11. The lowest BCUT2D eigenvalue weighted by Crippen LogP contribution is -2.21. The number of halogens is 2. The standard InChI is InChI=1S/C25H32ClFO4/c1-3-5-23(30-2)17-10-8-16(9-11-17)14-20-19(22(27)15-21(20)26)7-4-6-18-12-13-24(31-18)25(28)29/h8-13,19-23H,3-7,14-15H2,1-2H3,(H,28,29)/t19-,20?,21?,22?,23?/m1/s1. The summed E-state index contributed by atoms with van der Waals surface area (Å²) >= 11 is 6.55. The van der Waals surface area contributed by atoms with Gasteiger partial charge < -0.3 is 14.3 Å². The summed E-state index contributed by atoms with van der Waals surface area (Å²) in [5, 5.41) is 8.79. The molecule has 1 aliphatic rings. The maximum atomic E-state index is 14.7. The first-order chi connectivity index (χ1) is 14.9. The number of carboxylic acid groups (broad SMARTS) is 1. The molecule has 4 unspecified atom stereocenters. The summed E-state index contributed by atoms with van der Waals surface area (Å²) < 4.78 is 25.6. The Kier molecular flexibility index (Phi) is 8.56. The Morgan fingerprint density at radius 1 is 1.26 bits per heavy atom. The van der Waals surface area contributed by atoms with Gasteiger partial charge in [0.2, 0.25) is 5.76 Å². The van der Waals surface area contributed by atoms with Gasteiger partial charge >= 0.3 is 5.97 Å². The minimum absolute atomic E-state index is 0.0592. The van der Waals surface area contributed by atoms with E-state index in [1.54, 1.807) is 13.2 Å². The Balaban J connectivity index is 1.59. The summed E-state index contributed by atoms with van der Waals surface area (Å²) in [4.78, 5) is 10.9. The van der Waals surface area contributed by atoms with Gasteiger partial charge in [0.15, 0.2) is 0 Å². The van der Waals surface area contributed by atoms with Gasteiger partial charge in [-0.25, -0.2) is 9.18 Å². The number of rotatable bonds is 11. The lowest BCUT2D eigenvalue weighted by atomic mass is 9.85. The van der Waals surface area contributed by atoms with Crippen molar-refractivity contribution in [1.29, 1.82) is 0 Å². The number of alkyl halides is 2. The van der Waals surface area contributed by atoms with Crippen LogP contribution in [0.1, 0.15) is 72.6 Å². The molecule has 1 fully saturated rings. The molecule has 3 rings (SSSR count). The van der Waals surface area contributed by atoms with Gasteiger partial charge in [-0.1, -0.05) is 37.6 Å². The van der Waals surface area contributed by atoms with E-state index < -0.39 is 12.1 Å². The molecule has 1 heterocycles. The largest absolute Gasteiger partial charge is 0.475 e. The third-order valence-corrected chi connectivity index (χ3v) is 6.92. The zero-order valence-corrected chi connectivity index (χ0v) is 19.0. The van der Waals surface area contributed by atoms with E-state index in [2.05, 4.69) is 31.2 Å². The van der Waals surface area contributed by atoms with Crippen molar-refractivity contribution in [3.8, 4) is 0 Å². The van der Waals surface area contributed by atoms with Crippen LogP contribution < -0.4 is 0 Å². The van der Waals surface area contributed by atoms with Gasteiger partial charge in [0, 0.05) is 18.9 Å². The second-order valence-electron chi connectivity index (χ2n) is 8.52. The second kappa shape index (κ2) is 11.1. The molecule has 0 bridgehead atoms. The molecule has 170 valence electrons. The molecular weight excluding hydrogens is 419 g/mol. The SMILES string of the molecule is CCCC(OC)c1ccc(CC2C(Cl)CC(F)[C@@H]2CCCc2ccc(C(=O)O)o2)cc1. The monoisotopic (exact) mass is 450 g/mol. The van der Waals surface area contributed by atoms with Gasteiger partial charge in [-0.2, -0.15) is 0 Å². The second-order valence-corrected chi connectivity index (χ2v) is 9.08. The molecule has 1 aromatic carbocycles. The molecule has 0 radical (unpaired) electrons. The first-order valence-corrected chi connectivity index (χ1v) is 11.6. The Bertz CT molecular complexity index is 834. The fourth-order valence-corrected chi connectivity index (χ4v) is 5.18. The lowest BCUT2D eigenvalue weighted by molar-refractivity contribution is 0.0660. The zero-order chi connectivity index (χ0) is 22.4. The molecule has 2 aromatic rings. The Morgan fingerprint density at radius 2 is 2.00 bits per heavy atom. The predicted molar refractivity (Wildman–Crippen MR) is 120 cm³/mol. The van der Waals surface area contributed by atoms with E-state index in [0.29, 0.717) is 25.0 Å². The Labute approximate surface area is 188 Å². The zero-order valence-electron chi connectivity index (χ0n) is 18.2. The predicted octanol–water partition coefficient (Wildman–Crippen LogP) is 6.61. The average molecular weight is 451 g/mol. The number of hydrogen-bond donors (Lipinski definition) is 1. The minimum atomic E-state index is -1.08. The van der Waals surface area contributed by atoms with Crippen molar-refractivity contribution in [2.45, 2.75) is 69.5 Å². The van der Waals surface area contributed by atoms with Crippen molar-refractivity contribution < 1.29 is 23.4 Å². The molecule has 1 saturated carbocycles. The summed E-state index contributed by atoms with van der Waals surface area (Å²) in [7, 11) is 1.74. The smallest absolute Gasteiger partial charge is 0.371 e. The minimum Gasteiger partial charge on any atom is -0.475 e. The number of carbonyl (C=O) groups is 1. The van der Waals surface area contributed by atoms with Gasteiger partial charge in [-0.05, 0) is 67.2 Å². The Hall–Kier alpha value is -1.85. The van der Waals surface area contributed by atoms with E-state index in [0.717, 1.165) is 25.7 Å². The van der Waals surface area contributed by atoms with Gasteiger partial charge in [-0.3, -0.25) is 0 Å². The molecule has 0 spiro atoms. The highest BCUT2D eigenvalue weighted by atomic mass is 35.5. The lowest BCUT2D eigenvalue weighted by Gasteiger charge is -2.23. The van der Waals surface area contributed by atoms with E-state index in [9.17, 15) is 9.18 Å². The molecule has 6 heteroatoms. The summed E-state index contributed by atoms with van der Waals surface area (Å²) in [6, 6.07) is 11.6. The quantitative estimate of drug-likeness (QED) is 0.391. The van der Waals surface area contributed by atoms with E-state index >= 15 is 0 Å². The summed E-state index contributed by atoms with van der Waals surface area (Å²) in [6.45, 7) is 2.14. The summed E-state index contributed by atoms with van der Waals surface area (Å²) in [5.74, 6) is -0.518. The molecule has 4 nitrogen and oxygen atoms in total. The first-order valence-electron chi connectivity index (χ1n) is 11.1. The van der Waals surface area contributed by atoms with Crippen LogP contribution in [0.4, 0.5) is 4.39 Å². The van der Waals surface area contributed by atoms with E-state index in [1.807, 2.05) is 0 Å². The number of aryl methyl sites for hydroxylation is 1. The first kappa shape index (κ1) is 23.8. The van der Waals surface area contributed by atoms with Crippen LogP contribution in [-0.2, 0) is 17.6 Å². The molecule has 0 amide bonds. The average Bonchev–Trinajstić information content (AvgIpc) is 3.33. The maximum absolute atomic E-state index is 14.7. The van der Waals surface area contributed by atoms with Crippen LogP contribution in [-0.4, -0.2) is 29.7 Å². The number of aromatic carboxylic acids is 1. The molecule has 31 heavy (non-hydrogen) atoms. The molecule has 1 aromatic heterocycles. The van der Waals surface area contributed by atoms with Crippen LogP contribution >= 0.6 is 11.6 Å². The van der Waals surface area contributed by atoms with Crippen LogP contribution in [0.25, 0.3) is 0 Å². The number of benzene rings is 1. The highest BCUT2D eigenvalue weighted by Crippen LogP contribution is 2.42. The number of carboxylic acids is 1. The maximum Gasteiger partial charge on any atom is 0.371 e. The van der Waals surface area contributed by atoms with E-state index in [1.165, 1.54) is 17.2 Å². The van der Waals surface area contributed by atoms with Crippen molar-refractivity contribution in [2.75, 3.05) is 7.11 Å². The number of furan rings is 1. The highest BCUT2D eigenvalue weighted by Gasteiger charge is 2.42. The van der Waals surface area contributed by atoms with E-state index in [4.69, 9.17) is 25.9 Å². The summed E-state index contributed by atoms with van der Waals surface area (Å²) in [6.07, 6.45) is 4.44. The van der Waals surface area contributed by atoms with Gasteiger partial charge in [0.25, 0.3) is 0 Å². The molecular formula is C25H32ClFO4. The van der Waals surface area contributed by atoms with Crippen LogP contribution in [0, 0.1) is 11.8 Å². The van der Waals surface area contributed by atoms with Crippen LogP contribution in [0.2, 0.25) is 0 Å². The van der Waals surface area contributed by atoms with Crippen molar-refractivity contribution in [2.24, 2.45) is 11.8 Å². The van der Waals surface area contributed by atoms with Gasteiger partial charge in [0.1, 0.15) is 11.9 Å². The Morgan fingerprint density at radius 3 is 2.61 bits per heavy atom. The number of hydrogen-bond acceptors (Lipinski definition) is 3. The van der Waals surface area contributed by atoms with Crippen LogP contribution in [0.15, 0.2) is 40.8 Å². The van der Waals surface area contributed by atoms with Crippen LogP contribution in [0.3, 0.4) is 0 Å². The molecule has 0 aliphatic heterocycles. The van der Waals surface area contributed by atoms with Crippen molar-refractivity contribution in [1.82, 2.24) is 0 Å². The molecule has 1 aliphatic carbocycles. The third-order valence-electron chi connectivity index (χ3n) is 6.42. The van der Waals surface area contributed by atoms with Gasteiger partial charge in [-0.15, -0.1) is 11.6 Å². The van der Waals surface area contributed by atoms with Crippen molar-refractivity contribution in [3.63, 3.8) is 0 Å². The summed E-state index contributed by atoms with van der Waals surface area (Å²) in [5.41, 5.74) is 2.34. The number of ether oxygens (including phenoxy) is 1.